The number of hydrogen-bond acceptors (Lipinski definition) is 12. The molecule has 20 heteroatoms. The molecule has 0 spiro atoms. The number of carboxylic acid groups (broad SMARTS) is 2. The van der Waals surface area contributed by atoms with E-state index in [1.54, 1.807) is 20.2 Å². The smallest absolute Gasteiger partial charge is 0.335 e. The van der Waals surface area contributed by atoms with Gasteiger partial charge < -0.3 is 51.7 Å². The molecule has 1 aliphatic carbocycles. The van der Waals surface area contributed by atoms with Crippen molar-refractivity contribution in [1.82, 2.24) is 30.4 Å². The van der Waals surface area contributed by atoms with Gasteiger partial charge in [-0.15, -0.1) is 11.3 Å². The van der Waals surface area contributed by atoms with Gasteiger partial charge in [-0.25, -0.2) is 19.6 Å². The molecule has 48 heavy (non-hydrogen) atoms. The van der Waals surface area contributed by atoms with Crippen molar-refractivity contribution in [1.29, 1.82) is 0 Å². The van der Waals surface area contributed by atoms with Gasteiger partial charge in [-0.05, 0) is 38.4 Å². The van der Waals surface area contributed by atoms with E-state index in [0.717, 1.165) is 30.1 Å². The van der Waals surface area contributed by atoms with Crippen molar-refractivity contribution >= 4 is 64.3 Å². The van der Waals surface area contributed by atoms with E-state index in [0.29, 0.717) is 29.3 Å². The number of aliphatic hydroxyl groups excluding tert-OH is 2. The van der Waals surface area contributed by atoms with Gasteiger partial charge in [-0.2, -0.15) is 0 Å². The molecule has 2 aromatic heterocycles. The molecule has 18 nitrogen and oxygen atoms in total. The number of carboxylic acids is 2. The average Bonchev–Trinajstić information content (AvgIpc) is 3.45. The number of rotatable bonds is 8. The molecule has 0 aromatic carbocycles. The number of halogens is 1. The second-order valence-electron chi connectivity index (χ2n) is 11.2. The molecule has 0 radical (unpaired) electrons. The van der Waals surface area contributed by atoms with E-state index in [4.69, 9.17) is 32.0 Å². The fourth-order valence-corrected chi connectivity index (χ4v) is 6.07. The molecule has 1 fully saturated rings. The fourth-order valence-electron chi connectivity index (χ4n) is 4.87. The largest absolute Gasteiger partial charge is 0.479 e. The number of carbonyl (C=O) groups excluding carboxylic acids is 4. The minimum atomic E-state index is -2.27. The molecule has 4 rings (SSSR count). The van der Waals surface area contributed by atoms with Crippen molar-refractivity contribution in [3.05, 3.63) is 38.9 Å². The van der Waals surface area contributed by atoms with Gasteiger partial charge >= 0.3 is 23.8 Å². The van der Waals surface area contributed by atoms with Crippen LogP contribution in [0.2, 0.25) is 5.02 Å². The van der Waals surface area contributed by atoms with E-state index in [2.05, 4.69) is 30.8 Å². The molecule has 4 amide bonds. The summed E-state index contributed by atoms with van der Waals surface area (Å²) >= 11 is 7.17. The van der Waals surface area contributed by atoms with Gasteiger partial charge in [-0.3, -0.25) is 19.2 Å². The minimum absolute atomic E-state index is 0. The van der Waals surface area contributed by atoms with Gasteiger partial charge in [0.25, 0.3) is 5.91 Å². The predicted molar refractivity (Wildman–Crippen MR) is 170 cm³/mol. The fraction of sp³-hybridized carbons (Fsp3) is 0.500. The molecule has 2 aliphatic rings. The number of likely N-dealkylation sites (N-methyl/N-ethyl adjacent to an activating group) is 1. The Morgan fingerprint density at radius 1 is 1.00 bits per heavy atom. The number of aromatic nitrogens is 2. The first-order chi connectivity index (χ1) is 22.1. The number of aliphatic hydroxyl groups is 2. The number of fused-ring (bicyclic) bond motifs is 1. The topological polar surface area (TPSA) is 283 Å². The van der Waals surface area contributed by atoms with Gasteiger partial charge in [0, 0.05) is 56.6 Å². The highest BCUT2D eigenvalue weighted by Crippen LogP contribution is 2.28. The number of nitrogens with one attached hydrogen (secondary N) is 3. The van der Waals surface area contributed by atoms with Crippen molar-refractivity contribution in [3.8, 4) is 0 Å². The highest BCUT2D eigenvalue weighted by molar-refractivity contribution is 7.13. The summed E-state index contributed by atoms with van der Waals surface area (Å²) < 4.78 is 0. The lowest BCUT2D eigenvalue weighted by Crippen LogP contribution is -2.57. The Balaban J connectivity index is 0.000000633. The van der Waals surface area contributed by atoms with Crippen LogP contribution in [0.5, 0.6) is 0 Å². The summed E-state index contributed by atoms with van der Waals surface area (Å²) in [4.78, 5) is 83.8. The van der Waals surface area contributed by atoms with Crippen molar-refractivity contribution in [3.63, 3.8) is 0 Å². The lowest BCUT2D eigenvalue weighted by atomic mass is 9.81. The van der Waals surface area contributed by atoms with E-state index < -0.39 is 48.0 Å². The van der Waals surface area contributed by atoms with E-state index >= 15 is 0 Å². The van der Waals surface area contributed by atoms with Crippen LogP contribution < -0.4 is 16.0 Å². The Bertz CT molecular complexity index is 1470. The summed E-state index contributed by atoms with van der Waals surface area (Å²) in [7, 11) is 5.41. The van der Waals surface area contributed by atoms with E-state index in [-0.39, 0.29) is 29.0 Å². The maximum atomic E-state index is 13.2. The molecule has 1 saturated carbocycles. The van der Waals surface area contributed by atoms with Crippen LogP contribution in [0.4, 0.5) is 5.82 Å². The van der Waals surface area contributed by atoms with Crippen molar-refractivity contribution in [2.75, 3.05) is 33.0 Å². The summed E-state index contributed by atoms with van der Waals surface area (Å²) in [6.07, 6.45) is -1.11. The van der Waals surface area contributed by atoms with E-state index in [1.807, 2.05) is 7.05 Å². The molecule has 0 unspecified atom stereocenters. The molecular weight excluding hydrogens is 678 g/mol. The van der Waals surface area contributed by atoms with Crippen LogP contribution in [-0.2, 0) is 36.9 Å². The zero-order chi connectivity index (χ0) is 35.0. The maximum Gasteiger partial charge on any atom is 0.335 e. The number of carbonyl (C=O) groups is 6. The monoisotopic (exact) mass is 715 g/mol. The first-order valence-corrected chi connectivity index (χ1v) is 15.5. The normalized spacial score (nSPS) is 19.8. The molecule has 0 saturated heterocycles. The molecule has 2 aromatic rings. The first kappa shape index (κ1) is 39.9. The van der Waals surface area contributed by atoms with E-state index in [9.17, 15) is 28.8 Å². The lowest BCUT2D eigenvalue weighted by Gasteiger charge is -2.37. The third-order valence-electron chi connectivity index (χ3n) is 7.37. The second kappa shape index (κ2) is 17.8. The molecular formula is C28H38ClN7O11S. The molecule has 264 valence electrons. The predicted octanol–water partition coefficient (Wildman–Crippen LogP) is -1.66. The Morgan fingerprint density at radius 2 is 1.65 bits per heavy atom. The molecule has 1 aliphatic heterocycles. The summed E-state index contributed by atoms with van der Waals surface area (Å²) in [6, 6.07) is 1.95. The number of aliphatic carboxylic acids is 2. The quantitative estimate of drug-likeness (QED) is 0.151. The standard InChI is InChI=1S/C24H30ClN7O4S.C4H6O6.H2O/c1-31(2)24(36)13-4-6-15(27-20(33)21(34)30-19-7-5-14(25)11-26-19)17(10-13)28-22(35)23-29-16-8-9-32(3)12-18(16)37-23;5-1(3(7)8)2(6)4(9)10;/h5,7,11,13,15,17H,4,6,8-10,12H2,1-3H3,(H,27,33)(H,28,35)(H,26,30,34);1-2,5-6H,(H,7,8)(H,9,10);1H2/t13-,15-,17+;1-,2-;/m00./s1. The minimum Gasteiger partial charge on any atom is -0.479 e. The Kier molecular flexibility index (Phi) is 14.8. The van der Waals surface area contributed by atoms with Crippen molar-refractivity contribution in [2.45, 2.75) is 56.5 Å². The van der Waals surface area contributed by atoms with Crippen LogP contribution in [-0.4, -0.2) is 133 Å². The van der Waals surface area contributed by atoms with Gasteiger partial charge in [0.05, 0.1) is 16.8 Å². The average molecular weight is 716 g/mol. The number of pyridine rings is 1. The summed E-state index contributed by atoms with van der Waals surface area (Å²) in [5, 5.41) is 41.4. The van der Waals surface area contributed by atoms with Crippen molar-refractivity contribution in [2.24, 2.45) is 5.92 Å². The van der Waals surface area contributed by atoms with Gasteiger partial charge in [0.1, 0.15) is 5.82 Å². The lowest BCUT2D eigenvalue weighted by molar-refractivity contribution is -0.165. The van der Waals surface area contributed by atoms with Crippen molar-refractivity contribution < 1.29 is 54.7 Å². The van der Waals surface area contributed by atoms with E-state index in [1.165, 1.54) is 28.5 Å². The Labute approximate surface area is 283 Å². The second-order valence-corrected chi connectivity index (χ2v) is 12.7. The van der Waals surface area contributed by atoms with Crippen LogP contribution in [0.1, 0.15) is 39.6 Å². The molecule has 0 bridgehead atoms. The van der Waals surface area contributed by atoms with Crippen LogP contribution in [0.25, 0.3) is 0 Å². The van der Waals surface area contributed by atoms with Crippen LogP contribution >= 0.6 is 22.9 Å². The summed E-state index contributed by atoms with van der Waals surface area (Å²) in [5.41, 5.74) is 0.940. The van der Waals surface area contributed by atoms with Gasteiger partial charge in [0.2, 0.25) is 5.91 Å². The first-order valence-electron chi connectivity index (χ1n) is 14.3. The SMILES string of the molecule is CN1CCc2nc(C(=O)N[C@@H]3C[C@@H](C(=O)N(C)C)CC[C@@H]3NC(=O)C(=O)Nc3ccc(Cl)cn3)sc2C1.O.O=C(O)[C@@H](O)[C@H](O)C(=O)O. The van der Waals surface area contributed by atoms with Crippen LogP contribution in [0.15, 0.2) is 18.3 Å². The number of anilines is 1. The number of nitrogens with zero attached hydrogens (tertiary/aromatic N) is 4. The number of amides is 4. The summed E-state index contributed by atoms with van der Waals surface area (Å²) in [6.45, 7) is 1.63. The number of hydrogen-bond donors (Lipinski definition) is 7. The molecule has 9 N–H and O–H groups in total. The maximum absolute atomic E-state index is 13.2. The van der Waals surface area contributed by atoms with Crippen LogP contribution in [0, 0.1) is 5.92 Å². The summed E-state index contributed by atoms with van der Waals surface area (Å²) in [5.74, 6) is -5.78. The zero-order valence-corrected chi connectivity index (χ0v) is 27.7. The molecule has 5 atom stereocenters. The number of thiazole rings is 1. The van der Waals surface area contributed by atoms with Gasteiger partial charge in [-0.1, -0.05) is 11.6 Å². The Morgan fingerprint density at radius 3 is 2.21 bits per heavy atom. The third kappa shape index (κ3) is 10.9. The highest BCUT2D eigenvalue weighted by Gasteiger charge is 2.38. The van der Waals surface area contributed by atoms with Crippen LogP contribution in [0.3, 0.4) is 0 Å². The molecule has 3 heterocycles. The highest BCUT2D eigenvalue weighted by atomic mass is 35.5. The van der Waals surface area contributed by atoms with Gasteiger partial charge in [0.15, 0.2) is 17.2 Å². The Hall–Kier alpha value is -4.27. The zero-order valence-electron chi connectivity index (χ0n) is 26.2. The third-order valence-corrected chi connectivity index (χ3v) is 8.67.